The first-order chi connectivity index (χ1) is 9.74. The maximum Gasteiger partial charge on any atom is 0.141 e. The van der Waals surface area contributed by atoms with E-state index in [1.807, 2.05) is 43.5 Å². The fraction of sp³-hybridized carbons (Fsp3) is 0.125. The molecule has 3 aromatic rings. The number of rotatable bonds is 3. The van der Waals surface area contributed by atoms with Gasteiger partial charge in [-0.15, -0.1) is 0 Å². The molecule has 1 aromatic carbocycles. The van der Waals surface area contributed by atoms with Gasteiger partial charge in [-0.05, 0) is 36.2 Å². The van der Waals surface area contributed by atoms with Gasteiger partial charge in [0, 0.05) is 24.3 Å². The molecule has 20 heavy (non-hydrogen) atoms. The molecule has 0 aliphatic carbocycles. The first-order valence-corrected chi connectivity index (χ1v) is 6.46. The smallest absolute Gasteiger partial charge is 0.141 e. The van der Waals surface area contributed by atoms with Crippen molar-refractivity contribution in [3.63, 3.8) is 0 Å². The van der Waals surface area contributed by atoms with Gasteiger partial charge < -0.3 is 10.4 Å². The Balaban J connectivity index is 1.88. The number of fused-ring (bicyclic) bond motifs is 1. The number of benzene rings is 1. The summed E-state index contributed by atoms with van der Waals surface area (Å²) in [6.07, 6.45) is 3.51. The average Bonchev–Trinajstić information content (AvgIpc) is 2.49. The van der Waals surface area contributed by atoms with Crippen LogP contribution in [0.15, 0.2) is 48.8 Å². The summed E-state index contributed by atoms with van der Waals surface area (Å²) in [6, 6.07) is 11.4. The van der Waals surface area contributed by atoms with Crippen molar-refractivity contribution in [3.05, 3.63) is 59.9 Å². The van der Waals surface area contributed by atoms with E-state index in [0.717, 1.165) is 22.3 Å². The van der Waals surface area contributed by atoms with Gasteiger partial charge in [0.1, 0.15) is 17.1 Å². The Morgan fingerprint density at radius 2 is 2.00 bits per heavy atom. The number of pyridine rings is 2. The first kappa shape index (κ1) is 12.4. The van der Waals surface area contributed by atoms with Crippen LogP contribution in [-0.2, 0) is 6.54 Å². The molecule has 0 saturated heterocycles. The number of anilines is 1. The van der Waals surface area contributed by atoms with Crippen molar-refractivity contribution >= 4 is 16.7 Å². The maximum absolute atomic E-state index is 9.82. The van der Waals surface area contributed by atoms with Gasteiger partial charge in [-0.25, -0.2) is 4.98 Å². The molecule has 4 nitrogen and oxygen atoms in total. The molecule has 0 aliphatic rings. The van der Waals surface area contributed by atoms with E-state index in [-0.39, 0.29) is 5.75 Å². The number of hydrogen-bond donors (Lipinski definition) is 2. The molecule has 0 radical (unpaired) electrons. The SMILES string of the molecule is Cc1ccc(NCc2ccc(O)c3ncccc23)nc1. The van der Waals surface area contributed by atoms with Crippen LogP contribution in [0.3, 0.4) is 0 Å². The van der Waals surface area contributed by atoms with Crippen LogP contribution in [0.5, 0.6) is 5.75 Å². The Kier molecular flexibility index (Phi) is 3.21. The first-order valence-electron chi connectivity index (χ1n) is 6.46. The van der Waals surface area contributed by atoms with Crippen molar-refractivity contribution in [1.29, 1.82) is 0 Å². The Hall–Kier alpha value is -2.62. The number of phenols is 1. The molecule has 0 unspecified atom stereocenters. The summed E-state index contributed by atoms with van der Waals surface area (Å²) in [6.45, 7) is 2.65. The predicted molar refractivity (Wildman–Crippen MR) is 79.7 cm³/mol. The van der Waals surface area contributed by atoms with E-state index in [2.05, 4.69) is 15.3 Å². The zero-order valence-corrected chi connectivity index (χ0v) is 11.2. The summed E-state index contributed by atoms with van der Waals surface area (Å²) in [4.78, 5) is 8.53. The average molecular weight is 265 g/mol. The number of aromatic nitrogens is 2. The van der Waals surface area contributed by atoms with Crippen LogP contribution in [-0.4, -0.2) is 15.1 Å². The molecule has 0 aliphatic heterocycles. The minimum Gasteiger partial charge on any atom is -0.506 e. The number of aryl methyl sites for hydroxylation is 1. The molecule has 100 valence electrons. The van der Waals surface area contributed by atoms with Gasteiger partial charge in [0.25, 0.3) is 0 Å². The summed E-state index contributed by atoms with van der Waals surface area (Å²) in [5, 5.41) is 14.0. The normalized spacial score (nSPS) is 10.7. The van der Waals surface area contributed by atoms with Crippen molar-refractivity contribution in [2.75, 3.05) is 5.32 Å². The van der Waals surface area contributed by atoms with Crippen LogP contribution in [0, 0.1) is 6.92 Å². The molecule has 0 atom stereocenters. The van der Waals surface area contributed by atoms with Gasteiger partial charge >= 0.3 is 0 Å². The second-order valence-electron chi connectivity index (χ2n) is 4.72. The number of nitrogens with zero attached hydrogens (tertiary/aromatic N) is 2. The summed E-state index contributed by atoms with van der Waals surface area (Å²) >= 11 is 0. The van der Waals surface area contributed by atoms with Gasteiger partial charge in [0.15, 0.2) is 0 Å². The lowest BCUT2D eigenvalue weighted by molar-refractivity contribution is 0.480. The van der Waals surface area contributed by atoms with Crippen LogP contribution >= 0.6 is 0 Å². The lowest BCUT2D eigenvalue weighted by atomic mass is 10.1. The van der Waals surface area contributed by atoms with Crippen LogP contribution < -0.4 is 5.32 Å². The number of phenolic OH excluding ortho intramolecular Hbond substituents is 1. The summed E-state index contributed by atoms with van der Waals surface area (Å²) in [7, 11) is 0. The number of aromatic hydroxyl groups is 1. The van der Waals surface area contributed by atoms with E-state index in [0.29, 0.717) is 12.1 Å². The zero-order valence-electron chi connectivity index (χ0n) is 11.2. The van der Waals surface area contributed by atoms with E-state index in [1.54, 1.807) is 12.3 Å². The Morgan fingerprint density at radius 1 is 1.10 bits per heavy atom. The van der Waals surface area contributed by atoms with Gasteiger partial charge in [-0.3, -0.25) is 4.98 Å². The van der Waals surface area contributed by atoms with Crippen LogP contribution in [0.2, 0.25) is 0 Å². The molecule has 0 fully saturated rings. The van der Waals surface area contributed by atoms with E-state index >= 15 is 0 Å². The minimum absolute atomic E-state index is 0.206. The predicted octanol–water partition coefficient (Wildman–Crippen LogP) is 3.26. The molecule has 0 bridgehead atoms. The van der Waals surface area contributed by atoms with Crippen molar-refractivity contribution in [2.24, 2.45) is 0 Å². The van der Waals surface area contributed by atoms with E-state index in [1.165, 1.54) is 0 Å². The van der Waals surface area contributed by atoms with Crippen LogP contribution in [0.1, 0.15) is 11.1 Å². The lowest BCUT2D eigenvalue weighted by Crippen LogP contribution is -2.02. The maximum atomic E-state index is 9.82. The summed E-state index contributed by atoms with van der Waals surface area (Å²) in [5.74, 6) is 1.04. The fourth-order valence-corrected chi connectivity index (χ4v) is 2.13. The highest BCUT2D eigenvalue weighted by molar-refractivity contribution is 5.87. The van der Waals surface area contributed by atoms with Gasteiger partial charge in [0.05, 0.1) is 0 Å². The standard InChI is InChI=1S/C16H15N3O/c1-11-4-7-15(18-9-11)19-10-12-5-6-14(20)16-13(12)3-2-8-17-16/h2-9,20H,10H2,1H3,(H,18,19). The molecule has 0 saturated carbocycles. The van der Waals surface area contributed by atoms with E-state index in [4.69, 9.17) is 0 Å². The molecular weight excluding hydrogens is 250 g/mol. The van der Waals surface area contributed by atoms with Crippen molar-refractivity contribution in [1.82, 2.24) is 9.97 Å². The van der Waals surface area contributed by atoms with Gasteiger partial charge in [-0.2, -0.15) is 0 Å². The molecular formula is C16H15N3O. The highest BCUT2D eigenvalue weighted by atomic mass is 16.3. The minimum atomic E-state index is 0.206. The summed E-state index contributed by atoms with van der Waals surface area (Å²) < 4.78 is 0. The Morgan fingerprint density at radius 3 is 2.80 bits per heavy atom. The van der Waals surface area contributed by atoms with Crippen molar-refractivity contribution in [2.45, 2.75) is 13.5 Å². The number of hydrogen-bond acceptors (Lipinski definition) is 4. The lowest BCUT2D eigenvalue weighted by Gasteiger charge is -2.09. The Labute approximate surface area is 117 Å². The number of nitrogens with one attached hydrogen (secondary N) is 1. The molecule has 2 N–H and O–H groups in total. The molecule has 0 spiro atoms. The second-order valence-corrected chi connectivity index (χ2v) is 4.72. The Bertz CT molecular complexity index is 738. The summed E-state index contributed by atoms with van der Waals surface area (Å²) in [5.41, 5.74) is 2.84. The highest BCUT2D eigenvalue weighted by Gasteiger charge is 2.05. The van der Waals surface area contributed by atoms with Crippen LogP contribution in [0.25, 0.3) is 10.9 Å². The third-order valence-electron chi connectivity index (χ3n) is 3.21. The molecule has 2 aromatic heterocycles. The molecule has 4 heteroatoms. The second kappa shape index (κ2) is 5.17. The van der Waals surface area contributed by atoms with E-state index in [9.17, 15) is 5.11 Å². The monoisotopic (exact) mass is 265 g/mol. The van der Waals surface area contributed by atoms with Crippen LogP contribution in [0.4, 0.5) is 5.82 Å². The third kappa shape index (κ3) is 2.40. The molecule has 0 amide bonds. The zero-order chi connectivity index (χ0) is 13.9. The third-order valence-corrected chi connectivity index (χ3v) is 3.21. The molecule has 3 rings (SSSR count). The fourth-order valence-electron chi connectivity index (χ4n) is 2.13. The quantitative estimate of drug-likeness (QED) is 0.763. The molecule has 2 heterocycles. The van der Waals surface area contributed by atoms with Gasteiger partial charge in [0.2, 0.25) is 0 Å². The highest BCUT2D eigenvalue weighted by Crippen LogP contribution is 2.25. The van der Waals surface area contributed by atoms with Gasteiger partial charge in [-0.1, -0.05) is 18.2 Å². The van der Waals surface area contributed by atoms with E-state index < -0.39 is 0 Å². The van der Waals surface area contributed by atoms with Crippen molar-refractivity contribution in [3.8, 4) is 5.75 Å². The largest absolute Gasteiger partial charge is 0.506 e. The van der Waals surface area contributed by atoms with Crippen molar-refractivity contribution < 1.29 is 5.11 Å². The topological polar surface area (TPSA) is 58.0 Å².